The van der Waals surface area contributed by atoms with Gasteiger partial charge in [-0.05, 0) is 29.8 Å². The molecule has 0 spiro atoms. The van der Waals surface area contributed by atoms with Crippen molar-refractivity contribution in [2.75, 3.05) is 13.7 Å². The Morgan fingerprint density at radius 3 is 2.47 bits per heavy atom. The first kappa shape index (κ1) is 11.8. The van der Waals surface area contributed by atoms with Gasteiger partial charge in [-0.15, -0.1) is 0 Å². The largest absolute Gasteiger partial charge is 0.497 e. The van der Waals surface area contributed by atoms with E-state index in [-0.39, 0.29) is 6.10 Å². The minimum Gasteiger partial charge on any atom is -0.497 e. The number of aliphatic imine (C=N–C) groups is 1. The van der Waals surface area contributed by atoms with E-state index in [1.54, 1.807) is 7.11 Å². The first-order valence-corrected chi connectivity index (χ1v) is 6.27. The number of rotatable bonds is 3. The molecule has 96 valence electrons. The molecule has 2 aromatic rings. The normalized spacial score (nSPS) is 17.7. The number of nitrogens with zero attached hydrogens (tertiary/aromatic N) is 1. The van der Waals surface area contributed by atoms with Crippen molar-refractivity contribution >= 4 is 5.90 Å². The molecule has 0 N–H and O–H groups in total. The molecule has 0 amide bonds. The second-order valence-corrected chi connectivity index (χ2v) is 4.39. The zero-order valence-corrected chi connectivity index (χ0v) is 10.7. The van der Waals surface area contributed by atoms with Crippen LogP contribution in [0, 0.1) is 0 Å². The van der Waals surface area contributed by atoms with E-state index in [0.717, 1.165) is 16.9 Å². The third kappa shape index (κ3) is 2.45. The quantitative estimate of drug-likeness (QED) is 0.841. The lowest BCUT2D eigenvalue weighted by molar-refractivity contribution is 0.230. The Hall–Kier alpha value is -2.29. The number of methoxy groups -OCH3 is 1. The van der Waals surface area contributed by atoms with Gasteiger partial charge in [-0.25, -0.2) is 4.99 Å². The Morgan fingerprint density at radius 2 is 1.79 bits per heavy atom. The zero-order chi connectivity index (χ0) is 13.1. The van der Waals surface area contributed by atoms with E-state index >= 15 is 0 Å². The van der Waals surface area contributed by atoms with Crippen molar-refractivity contribution < 1.29 is 9.47 Å². The summed E-state index contributed by atoms with van der Waals surface area (Å²) in [5, 5.41) is 0. The molecule has 0 bridgehead atoms. The van der Waals surface area contributed by atoms with Crippen molar-refractivity contribution in [1.82, 2.24) is 0 Å². The Balaban J connectivity index is 1.74. The van der Waals surface area contributed by atoms with Crippen molar-refractivity contribution in [2.45, 2.75) is 6.10 Å². The Labute approximate surface area is 112 Å². The molecule has 1 unspecified atom stereocenters. The van der Waals surface area contributed by atoms with E-state index < -0.39 is 0 Å². The van der Waals surface area contributed by atoms with Crippen molar-refractivity contribution in [3.8, 4) is 5.75 Å². The SMILES string of the molecule is COc1ccc(C2=NCC(c3ccccc3)O2)cc1. The van der Waals surface area contributed by atoms with Gasteiger partial charge in [0, 0.05) is 5.56 Å². The van der Waals surface area contributed by atoms with Crippen LogP contribution in [-0.2, 0) is 4.74 Å². The minimum absolute atomic E-state index is 0.0262. The van der Waals surface area contributed by atoms with Gasteiger partial charge >= 0.3 is 0 Å². The number of ether oxygens (including phenoxy) is 2. The van der Waals surface area contributed by atoms with Crippen molar-refractivity contribution in [2.24, 2.45) is 4.99 Å². The van der Waals surface area contributed by atoms with E-state index in [9.17, 15) is 0 Å². The lowest BCUT2D eigenvalue weighted by atomic mass is 10.1. The van der Waals surface area contributed by atoms with Gasteiger partial charge < -0.3 is 9.47 Å². The molecule has 0 radical (unpaired) electrons. The van der Waals surface area contributed by atoms with Gasteiger partial charge in [0.15, 0.2) is 0 Å². The molecular weight excluding hydrogens is 238 g/mol. The summed E-state index contributed by atoms with van der Waals surface area (Å²) in [6.45, 7) is 0.672. The summed E-state index contributed by atoms with van der Waals surface area (Å²) in [6.07, 6.45) is 0.0262. The van der Waals surface area contributed by atoms with Crippen LogP contribution in [0.15, 0.2) is 59.6 Å². The maximum absolute atomic E-state index is 5.92. The lowest BCUT2D eigenvalue weighted by Gasteiger charge is -2.11. The van der Waals surface area contributed by atoms with Crippen LogP contribution in [0.1, 0.15) is 17.2 Å². The molecule has 0 saturated heterocycles. The Bertz CT molecular complexity index is 575. The fourth-order valence-corrected chi connectivity index (χ4v) is 2.11. The van der Waals surface area contributed by atoms with Crippen LogP contribution in [0.3, 0.4) is 0 Å². The second-order valence-electron chi connectivity index (χ2n) is 4.39. The summed E-state index contributed by atoms with van der Waals surface area (Å²) < 4.78 is 11.1. The Morgan fingerprint density at radius 1 is 1.05 bits per heavy atom. The van der Waals surface area contributed by atoms with Crippen LogP contribution in [0.25, 0.3) is 0 Å². The highest BCUT2D eigenvalue weighted by atomic mass is 16.5. The van der Waals surface area contributed by atoms with Crippen molar-refractivity contribution in [1.29, 1.82) is 0 Å². The molecular formula is C16H15NO2. The monoisotopic (exact) mass is 253 g/mol. The number of benzene rings is 2. The van der Waals surface area contributed by atoms with Gasteiger partial charge in [0.25, 0.3) is 0 Å². The molecule has 19 heavy (non-hydrogen) atoms. The molecule has 1 heterocycles. The molecule has 0 fully saturated rings. The molecule has 0 aliphatic carbocycles. The first-order chi connectivity index (χ1) is 9.36. The fourth-order valence-electron chi connectivity index (χ4n) is 2.11. The third-order valence-electron chi connectivity index (χ3n) is 3.16. The number of hydrogen-bond donors (Lipinski definition) is 0. The van der Waals surface area contributed by atoms with Gasteiger partial charge in [-0.1, -0.05) is 30.3 Å². The van der Waals surface area contributed by atoms with E-state index in [1.807, 2.05) is 42.5 Å². The molecule has 0 saturated carbocycles. The zero-order valence-electron chi connectivity index (χ0n) is 10.7. The smallest absolute Gasteiger partial charge is 0.216 e. The van der Waals surface area contributed by atoms with Gasteiger partial charge in [-0.3, -0.25) is 0 Å². The second kappa shape index (κ2) is 5.14. The molecule has 3 heteroatoms. The molecule has 1 aliphatic rings. The first-order valence-electron chi connectivity index (χ1n) is 6.27. The fraction of sp³-hybridized carbons (Fsp3) is 0.188. The molecule has 1 aliphatic heterocycles. The van der Waals surface area contributed by atoms with Crippen LogP contribution in [-0.4, -0.2) is 19.6 Å². The summed E-state index contributed by atoms with van der Waals surface area (Å²) in [7, 11) is 1.66. The van der Waals surface area contributed by atoms with E-state index in [4.69, 9.17) is 9.47 Å². The average Bonchev–Trinajstić information content (AvgIpc) is 2.98. The van der Waals surface area contributed by atoms with Crippen LogP contribution < -0.4 is 4.74 Å². The summed E-state index contributed by atoms with van der Waals surface area (Å²) in [4.78, 5) is 4.47. The van der Waals surface area contributed by atoms with Crippen molar-refractivity contribution in [3.05, 3.63) is 65.7 Å². The molecule has 3 rings (SSSR count). The molecule has 3 nitrogen and oxygen atoms in total. The van der Waals surface area contributed by atoms with Crippen molar-refractivity contribution in [3.63, 3.8) is 0 Å². The maximum atomic E-state index is 5.92. The standard InChI is InChI=1S/C16H15NO2/c1-18-14-9-7-13(8-10-14)16-17-11-15(19-16)12-5-3-2-4-6-12/h2-10,15H,11H2,1H3. The topological polar surface area (TPSA) is 30.8 Å². The number of hydrogen-bond acceptors (Lipinski definition) is 3. The van der Waals surface area contributed by atoms with Crippen LogP contribution in [0.5, 0.6) is 5.75 Å². The third-order valence-corrected chi connectivity index (χ3v) is 3.16. The summed E-state index contributed by atoms with van der Waals surface area (Å²) in [5.41, 5.74) is 2.15. The highest BCUT2D eigenvalue weighted by Gasteiger charge is 2.22. The average molecular weight is 253 g/mol. The molecule has 0 aromatic heterocycles. The van der Waals surface area contributed by atoms with Crippen LogP contribution in [0.2, 0.25) is 0 Å². The van der Waals surface area contributed by atoms with Gasteiger partial charge in [0.2, 0.25) is 5.90 Å². The van der Waals surface area contributed by atoms with Crippen LogP contribution in [0.4, 0.5) is 0 Å². The molecule has 1 atom stereocenters. The predicted molar refractivity (Wildman–Crippen MR) is 74.7 cm³/mol. The highest BCUT2D eigenvalue weighted by molar-refractivity contribution is 5.95. The lowest BCUT2D eigenvalue weighted by Crippen LogP contribution is -2.06. The van der Waals surface area contributed by atoms with Crippen LogP contribution >= 0.6 is 0 Å². The van der Waals surface area contributed by atoms with E-state index in [0.29, 0.717) is 12.4 Å². The minimum atomic E-state index is 0.0262. The summed E-state index contributed by atoms with van der Waals surface area (Å²) >= 11 is 0. The molecule has 2 aromatic carbocycles. The Kier molecular flexibility index (Phi) is 3.19. The van der Waals surface area contributed by atoms with Gasteiger partial charge in [0.05, 0.1) is 13.7 Å². The summed E-state index contributed by atoms with van der Waals surface area (Å²) in [5.74, 6) is 1.54. The van der Waals surface area contributed by atoms with Gasteiger partial charge in [-0.2, -0.15) is 0 Å². The predicted octanol–water partition coefficient (Wildman–Crippen LogP) is 3.21. The van der Waals surface area contributed by atoms with E-state index in [1.165, 1.54) is 0 Å². The van der Waals surface area contributed by atoms with Gasteiger partial charge in [0.1, 0.15) is 11.9 Å². The summed E-state index contributed by atoms with van der Waals surface area (Å²) in [6, 6.07) is 17.9. The maximum Gasteiger partial charge on any atom is 0.216 e. The van der Waals surface area contributed by atoms with E-state index in [2.05, 4.69) is 17.1 Å². The highest BCUT2D eigenvalue weighted by Crippen LogP contribution is 2.25.